The average molecular weight is 329 g/mol. The first kappa shape index (κ1) is 17.5. The maximum atomic E-state index is 9.24. The van der Waals surface area contributed by atoms with Crippen LogP contribution >= 0.6 is 0 Å². The number of phenols is 1. The zero-order chi connectivity index (χ0) is 17.4. The molecule has 2 aromatic rings. The summed E-state index contributed by atoms with van der Waals surface area (Å²) in [6, 6.07) is 12.7. The van der Waals surface area contributed by atoms with Crippen molar-refractivity contribution in [2.45, 2.75) is 13.0 Å². The van der Waals surface area contributed by atoms with Crippen molar-refractivity contribution in [2.75, 3.05) is 20.8 Å². The smallest absolute Gasteiger partial charge is 0.188 e. The molecule has 0 bridgehead atoms. The molecule has 2 aromatic carbocycles. The number of benzene rings is 2. The maximum absolute atomic E-state index is 9.24. The molecule has 2 rings (SSSR count). The Labute approximate surface area is 141 Å². The summed E-state index contributed by atoms with van der Waals surface area (Å²) in [5.41, 5.74) is 7.96. The van der Waals surface area contributed by atoms with Gasteiger partial charge in [0, 0.05) is 6.54 Å². The number of ether oxygens (including phenoxy) is 2. The molecule has 0 aliphatic rings. The molecule has 0 atom stereocenters. The second-order valence-corrected chi connectivity index (χ2v) is 5.23. The zero-order valence-corrected chi connectivity index (χ0v) is 14.0. The highest BCUT2D eigenvalue weighted by Crippen LogP contribution is 2.27. The van der Waals surface area contributed by atoms with Gasteiger partial charge in [0.1, 0.15) is 5.75 Å². The Balaban J connectivity index is 1.82. The standard InChI is InChI=1S/C18H23N3O3/c1-23-16-8-5-13(11-17(16)24-2)9-10-20-18(19)21-12-14-3-6-15(22)7-4-14/h3-8,11,22H,9-10,12H2,1-2H3,(H3,19,20,21). The van der Waals surface area contributed by atoms with Crippen molar-refractivity contribution in [3.05, 3.63) is 53.6 Å². The molecule has 0 heterocycles. The minimum atomic E-state index is 0.240. The van der Waals surface area contributed by atoms with Crippen molar-refractivity contribution in [3.8, 4) is 17.2 Å². The van der Waals surface area contributed by atoms with E-state index in [4.69, 9.17) is 15.2 Å². The van der Waals surface area contributed by atoms with Gasteiger partial charge < -0.3 is 25.6 Å². The molecule has 0 aliphatic heterocycles. The SMILES string of the molecule is COc1ccc(CCNC(N)=NCc2ccc(O)cc2)cc1OC. The lowest BCUT2D eigenvalue weighted by Crippen LogP contribution is -2.33. The quantitative estimate of drug-likeness (QED) is 0.534. The molecule has 24 heavy (non-hydrogen) atoms. The number of rotatable bonds is 7. The second kappa shape index (κ2) is 8.67. The van der Waals surface area contributed by atoms with E-state index in [1.807, 2.05) is 30.3 Å². The number of hydrogen-bond donors (Lipinski definition) is 3. The van der Waals surface area contributed by atoms with Crippen LogP contribution in [0.5, 0.6) is 17.2 Å². The highest BCUT2D eigenvalue weighted by atomic mass is 16.5. The van der Waals surface area contributed by atoms with Gasteiger partial charge in [0.25, 0.3) is 0 Å². The Morgan fingerprint density at radius 1 is 1.04 bits per heavy atom. The third-order valence-electron chi connectivity index (χ3n) is 3.54. The van der Waals surface area contributed by atoms with Crippen LogP contribution < -0.4 is 20.5 Å². The number of methoxy groups -OCH3 is 2. The number of phenolic OH excluding ortho intramolecular Hbond substituents is 1. The van der Waals surface area contributed by atoms with Crippen molar-refractivity contribution < 1.29 is 14.6 Å². The van der Waals surface area contributed by atoms with E-state index >= 15 is 0 Å². The number of hydrogen-bond acceptors (Lipinski definition) is 4. The van der Waals surface area contributed by atoms with Crippen molar-refractivity contribution >= 4 is 5.96 Å². The summed E-state index contributed by atoms with van der Waals surface area (Å²) in [5.74, 6) is 2.06. The van der Waals surface area contributed by atoms with Gasteiger partial charge >= 0.3 is 0 Å². The number of guanidine groups is 1. The number of aromatic hydroxyl groups is 1. The van der Waals surface area contributed by atoms with Gasteiger partial charge in [0.2, 0.25) is 0 Å². The summed E-state index contributed by atoms with van der Waals surface area (Å²) in [7, 11) is 3.23. The van der Waals surface area contributed by atoms with E-state index in [2.05, 4.69) is 10.3 Å². The Hall–Kier alpha value is -2.89. The fraction of sp³-hybridized carbons (Fsp3) is 0.278. The average Bonchev–Trinajstić information content (AvgIpc) is 2.61. The van der Waals surface area contributed by atoms with E-state index in [0.717, 1.165) is 17.5 Å². The van der Waals surface area contributed by atoms with Crippen LogP contribution in [0.2, 0.25) is 0 Å². The summed E-state index contributed by atoms with van der Waals surface area (Å²) in [6.07, 6.45) is 0.787. The monoisotopic (exact) mass is 329 g/mol. The maximum Gasteiger partial charge on any atom is 0.188 e. The second-order valence-electron chi connectivity index (χ2n) is 5.23. The van der Waals surface area contributed by atoms with Crippen molar-refractivity contribution in [1.29, 1.82) is 0 Å². The molecule has 6 nitrogen and oxygen atoms in total. The Bertz CT molecular complexity index is 684. The molecule has 128 valence electrons. The van der Waals surface area contributed by atoms with Crippen molar-refractivity contribution in [1.82, 2.24) is 5.32 Å². The Morgan fingerprint density at radius 3 is 2.38 bits per heavy atom. The minimum absolute atomic E-state index is 0.240. The Kier molecular flexibility index (Phi) is 6.31. The molecule has 4 N–H and O–H groups in total. The van der Waals surface area contributed by atoms with E-state index in [1.165, 1.54) is 0 Å². The molecule has 0 fully saturated rings. The fourth-order valence-corrected chi connectivity index (χ4v) is 2.20. The van der Waals surface area contributed by atoms with Gasteiger partial charge in [-0.2, -0.15) is 0 Å². The molecule has 0 aromatic heterocycles. The van der Waals surface area contributed by atoms with Gasteiger partial charge in [-0.25, -0.2) is 4.99 Å². The van der Waals surface area contributed by atoms with E-state index in [-0.39, 0.29) is 5.75 Å². The summed E-state index contributed by atoms with van der Waals surface area (Å²) < 4.78 is 10.5. The third-order valence-corrected chi connectivity index (χ3v) is 3.54. The number of nitrogens with one attached hydrogen (secondary N) is 1. The Morgan fingerprint density at radius 2 is 1.71 bits per heavy atom. The molecule has 6 heteroatoms. The van der Waals surface area contributed by atoms with Crippen LogP contribution in [0, 0.1) is 0 Å². The number of nitrogens with two attached hydrogens (primary N) is 1. The van der Waals surface area contributed by atoms with Gasteiger partial charge in [-0.05, 0) is 41.8 Å². The fourth-order valence-electron chi connectivity index (χ4n) is 2.20. The van der Waals surface area contributed by atoms with Crippen molar-refractivity contribution in [3.63, 3.8) is 0 Å². The topological polar surface area (TPSA) is 89.1 Å². The van der Waals surface area contributed by atoms with Crippen LogP contribution in [0.25, 0.3) is 0 Å². The molecule has 0 spiro atoms. The van der Waals surface area contributed by atoms with Gasteiger partial charge in [0.05, 0.1) is 20.8 Å². The highest BCUT2D eigenvalue weighted by molar-refractivity contribution is 5.77. The van der Waals surface area contributed by atoms with Gasteiger partial charge in [-0.1, -0.05) is 18.2 Å². The zero-order valence-electron chi connectivity index (χ0n) is 14.0. The predicted octanol–water partition coefficient (Wildman–Crippen LogP) is 2.06. The molecule has 0 saturated heterocycles. The first-order valence-corrected chi connectivity index (χ1v) is 7.65. The van der Waals surface area contributed by atoms with Crippen LogP contribution in [-0.4, -0.2) is 31.8 Å². The van der Waals surface area contributed by atoms with Crippen LogP contribution in [0.3, 0.4) is 0 Å². The van der Waals surface area contributed by atoms with Gasteiger partial charge in [0.15, 0.2) is 17.5 Å². The molecule has 0 aliphatic carbocycles. The first-order valence-electron chi connectivity index (χ1n) is 7.65. The van der Waals surface area contributed by atoms with Crippen LogP contribution in [-0.2, 0) is 13.0 Å². The van der Waals surface area contributed by atoms with E-state index in [1.54, 1.807) is 26.4 Å². The molecular weight excluding hydrogens is 306 g/mol. The lowest BCUT2D eigenvalue weighted by Gasteiger charge is -2.10. The predicted molar refractivity (Wildman–Crippen MR) is 94.7 cm³/mol. The molecule has 0 saturated carbocycles. The van der Waals surface area contributed by atoms with E-state index < -0.39 is 0 Å². The van der Waals surface area contributed by atoms with Gasteiger partial charge in [-0.3, -0.25) is 0 Å². The van der Waals surface area contributed by atoms with Crippen LogP contribution in [0.15, 0.2) is 47.5 Å². The van der Waals surface area contributed by atoms with Crippen LogP contribution in [0.4, 0.5) is 0 Å². The highest BCUT2D eigenvalue weighted by Gasteiger charge is 2.04. The molecule has 0 radical (unpaired) electrons. The number of nitrogens with zero attached hydrogens (tertiary/aromatic N) is 1. The summed E-state index contributed by atoms with van der Waals surface area (Å²) in [6.45, 7) is 1.13. The first-order chi connectivity index (χ1) is 11.6. The van der Waals surface area contributed by atoms with Crippen LogP contribution in [0.1, 0.15) is 11.1 Å². The largest absolute Gasteiger partial charge is 0.508 e. The summed E-state index contributed by atoms with van der Waals surface area (Å²) >= 11 is 0. The van der Waals surface area contributed by atoms with E-state index in [0.29, 0.717) is 30.5 Å². The summed E-state index contributed by atoms with van der Waals surface area (Å²) in [4.78, 5) is 4.27. The lowest BCUT2D eigenvalue weighted by atomic mass is 10.1. The van der Waals surface area contributed by atoms with Gasteiger partial charge in [-0.15, -0.1) is 0 Å². The molecular formula is C18H23N3O3. The minimum Gasteiger partial charge on any atom is -0.508 e. The third kappa shape index (κ3) is 5.08. The van der Waals surface area contributed by atoms with Crippen molar-refractivity contribution in [2.24, 2.45) is 10.7 Å². The lowest BCUT2D eigenvalue weighted by molar-refractivity contribution is 0.354. The van der Waals surface area contributed by atoms with E-state index in [9.17, 15) is 5.11 Å². The molecule has 0 unspecified atom stereocenters. The normalized spacial score (nSPS) is 11.2. The molecule has 0 amide bonds. The summed E-state index contributed by atoms with van der Waals surface area (Å²) in [5, 5.41) is 12.3. The number of aliphatic imine (C=N–C) groups is 1.